The van der Waals surface area contributed by atoms with Crippen LogP contribution in [0.5, 0.6) is 0 Å². The molecule has 0 saturated heterocycles. The Bertz CT molecular complexity index is 107. The predicted molar refractivity (Wildman–Crippen MR) is 48.8 cm³/mol. The first kappa shape index (κ1) is 9.01. The van der Waals surface area contributed by atoms with E-state index in [1.165, 1.54) is 19.3 Å². The van der Waals surface area contributed by atoms with Gasteiger partial charge in [0.25, 0.3) is 0 Å². The fraction of sp³-hybridized carbons (Fsp3) is 1.00. The van der Waals surface area contributed by atoms with Crippen LogP contribution in [0.25, 0.3) is 0 Å². The molecular formula is C9H20N2. The zero-order valence-electron chi connectivity index (χ0n) is 8.17. The van der Waals surface area contributed by atoms with E-state index in [4.69, 9.17) is 0 Å². The van der Waals surface area contributed by atoms with E-state index in [2.05, 4.69) is 38.0 Å². The molecule has 66 valence electrons. The van der Waals surface area contributed by atoms with Gasteiger partial charge in [0.15, 0.2) is 0 Å². The van der Waals surface area contributed by atoms with E-state index in [1.807, 2.05) is 0 Å². The fourth-order valence-corrected chi connectivity index (χ4v) is 2.13. The lowest BCUT2D eigenvalue weighted by Gasteiger charge is -2.30. The highest BCUT2D eigenvalue weighted by atomic mass is 15.2. The van der Waals surface area contributed by atoms with Crippen molar-refractivity contribution in [1.82, 2.24) is 9.80 Å². The second-order valence-corrected chi connectivity index (χ2v) is 3.99. The van der Waals surface area contributed by atoms with Gasteiger partial charge in [0, 0.05) is 12.1 Å². The van der Waals surface area contributed by atoms with Gasteiger partial charge in [-0.05, 0) is 41.0 Å². The Balaban J connectivity index is 2.51. The highest BCUT2D eigenvalue weighted by molar-refractivity contribution is 4.87. The largest absolute Gasteiger partial charge is 0.305 e. The maximum absolute atomic E-state index is 2.36. The van der Waals surface area contributed by atoms with Gasteiger partial charge < -0.3 is 9.80 Å². The standard InChI is InChI=1S/C9H20N2/c1-10(2)8-6-5-7-9(8)11(3)4/h8-9H,5-7H2,1-4H3. The van der Waals surface area contributed by atoms with E-state index in [0.29, 0.717) is 0 Å². The Morgan fingerprint density at radius 3 is 1.45 bits per heavy atom. The number of likely N-dealkylation sites (N-methyl/N-ethyl adjacent to an activating group) is 2. The smallest absolute Gasteiger partial charge is 0.0245 e. The van der Waals surface area contributed by atoms with Crippen molar-refractivity contribution in [2.45, 2.75) is 31.3 Å². The second kappa shape index (κ2) is 3.55. The summed E-state index contributed by atoms with van der Waals surface area (Å²) in [4.78, 5) is 4.72. The molecule has 0 bridgehead atoms. The van der Waals surface area contributed by atoms with Gasteiger partial charge in [0.05, 0.1) is 0 Å². The molecule has 11 heavy (non-hydrogen) atoms. The Hall–Kier alpha value is -0.0800. The third-order valence-electron chi connectivity index (χ3n) is 2.77. The van der Waals surface area contributed by atoms with Gasteiger partial charge in [0.2, 0.25) is 0 Å². The topological polar surface area (TPSA) is 6.48 Å². The molecule has 0 aromatic rings. The van der Waals surface area contributed by atoms with Crippen LogP contribution in [0.3, 0.4) is 0 Å². The first-order valence-corrected chi connectivity index (χ1v) is 4.46. The van der Waals surface area contributed by atoms with Crippen molar-refractivity contribution in [3.63, 3.8) is 0 Å². The molecule has 2 nitrogen and oxygen atoms in total. The maximum Gasteiger partial charge on any atom is 0.0245 e. The van der Waals surface area contributed by atoms with E-state index >= 15 is 0 Å². The Labute approximate surface area is 70.2 Å². The third-order valence-corrected chi connectivity index (χ3v) is 2.77. The molecule has 2 heteroatoms. The molecule has 1 saturated carbocycles. The summed E-state index contributed by atoms with van der Waals surface area (Å²) in [5.74, 6) is 0. The van der Waals surface area contributed by atoms with Crippen LogP contribution in [0.1, 0.15) is 19.3 Å². The number of hydrogen-bond acceptors (Lipinski definition) is 2. The molecule has 2 atom stereocenters. The normalized spacial score (nSPS) is 32.2. The first-order chi connectivity index (χ1) is 5.13. The van der Waals surface area contributed by atoms with E-state index < -0.39 is 0 Å². The summed E-state index contributed by atoms with van der Waals surface area (Å²) in [5.41, 5.74) is 0. The molecule has 1 rings (SSSR count). The van der Waals surface area contributed by atoms with E-state index in [-0.39, 0.29) is 0 Å². The Morgan fingerprint density at radius 2 is 1.18 bits per heavy atom. The maximum atomic E-state index is 2.36. The van der Waals surface area contributed by atoms with Crippen molar-refractivity contribution >= 4 is 0 Å². The molecule has 1 aliphatic rings. The summed E-state index contributed by atoms with van der Waals surface area (Å²) in [6.45, 7) is 0. The average molecular weight is 156 g/mol. The van der Waals surface area contributed by atoms with Gasteiger partial charge in [-0.15, -0.1) is 0 Å². The zero-order valence-corrected chi connectivity index (χ0v) is 8.17. The van der Waals surface area contributed by atoms with Crippen LogP contribution in [-0.2, 0) is 0 Å². The SMILES string of the molecule is CN(C)C1CCCC1N(C)C. The lowest BCUT2D eigenvalue weighted by molar-refractivity contribution is 0.176. The lowest BCUT2D eigenvalue weighted by Crippen LogP contribution is -2.42. The van der Waals surface area contributed by atoms with Crippen LogP contribution in [0, 0.1) is 0 Å². The van der Waals surface area contributed by atoms with E-state index in [0.717, 1.165) is 12.1 Å². The minimum atomic E-state index is 0.782. The third kappa shape index (κ3) is 1.94. The molecule has 0 aliphatic heterocycles. The summed E-state index contributed by atoms with van der Waals surface area (Å²) in [7, 11) is 8.75. The van der Waals surface area contributed by atoms with Gasteiger partial charge in [-0.1, -0.05) is 6.42 Å². The monoisotopic (exact) mass is 156 g/mol. The molecule has 0 heterocycles. The van der Waals surface area contributed by atoms with Crippen molar-refractivity contribution in [3.8, 4) is 0 Å². The summed E-state index contributed by atoms with van der Waals surface area (Å²) in [5, 5.41) is 0. The van der Waals surface area contributed by atoms with Gasteiger partial charge in [-0.25, -0.2) is 0 Å². The quantitative estimate of drug-likeness (QED) is 0.589. The molecule has 0 radical (unpaired) electrons. The average Bonchev–Trinajstić information content (AvgIpc) is 2.32. The highest BCUT2D eigenvalue weighted by Gasteiger charge is 2.29. The minimum Gasteiger partial charge on any atom is -0.305 e. The minimum absolute atomic E-state index is 0.782. The van der Waals surface area contributed by atoms with Crippen LogP contribution in [-0.4, -0.2) is 50.1 Å². The van der Waals surface area contributed by atoms with Crippen LogP contribution in [0.2, 0.25) is 0 Å². The zero-order chi connectivity index (χ0) is 8.43. The summed E-state index contributed by atoms with van der Waals surface area (Å²) < 4.78 is 0. The highest BCUT2D eigenvalue weighted by Crippen LogP contribution is 2.25. The molecular weight excluding hydrogens is 136 g/mol. The van der Waals surface area contributed by atoms with Crippen molar-refractivity contribution in [2.75, 3.05) is 28.2 Å². The van der Waals surface area contributed by atoms with Gasteiger partial charge in [-0.2, -0.15) is 0 Å². The van der Waals surface area contributed by atoms with Crippen LogP contribution in [0.15, 0.2) is 0 Å². The summed E-state index contributed by atoms with van der Waals surface area (Å²) in [6, 6.07) is 1.56. The molecule has 1 aliphatic carbocycles. The second-order valence-electron chi connectivity index (χ2n) is 3.99. The van der Waals surface area contributed by atoms with Crippen molar-refractivity contribution in [3.05, 3.63) is 0 Å². The van der Waals surface area contributed by atoms with Crippen LogP contribution >= 0.6 is 0 Å². The van der Waals surface area contributed by atoms with E-state index in [9.17, 15) is 0 Å². The number of nitrogens with zero attached hydrogens (tertiary/aromatic N) is 2. The van der Waals surface area contributed by atoms with E-state index in [1.54, 1.807) is 0 Å². The van der Waals surface area contributed by atoms with Crippen molar-refractivity contribution in [1.29, 1.82) is 0 Å². The van der Waals surface area contributed by atoms with Crippen molar-refractivity contribution < 1.29 is 0 Å². The number of rotatable bonds is 2. The molecule has 1 fully saturated rings. The lowest BCUT2D eigenvalue weighted by atomic mass is 10.1. The molecule has 0 N–H and O–H groups in total. The van der Waals surface area contributed by atoms with Gasteiger partial charge in [-0.3, -0.25) is 0 Å². The Morgan fingerprint density at radius 1 is 0.818 bits per heavy atom. The first-order valence-electron chi connectivity index (χ1n) is 4.46. The fourth-order valence-electron chi connectivity index (χ4n) is 2.13. The molecule has 0 spiro atoms. The van der Waals surface area contributed by atoms with Crippen LogP contribution in [0.4, 0.5) is 0 Å². The molecule has 0 aromatic carbocycles. The molecule has 2 unspecified atom stereocenters. The van der Waals surface area contributed by atoms with Crippen LogP contribution < -0.4 is 0 Å². The van der Waals surface area contributed by atoms with Crippen molar-refractivity contribution in [2.24, 2.45) is 0 Å². The van der Waals surface area contributed by atoms with Gasteiger partial charge in [0.1, 0.15) is 0 Å². The number of hydrogen-bond donors (Lipinski definition) is 0. The predicted octanol–water partition coefficient (Wildman–Crippen LogP) is 1.03. The molecule has 0 amide bonds. The summed E-state index contributed by atoms with van der Waals surface area (Å²) >= 11 is 0. The molecule has 0 aromatic heterocycles. The summed E-state index contributed by atoms with van der Waals surface area (Å²) in [6.07, 6.45) is 4.14. The van der Waals surface area contributed by atoms with Gasteiger partial charge >= 0.3 is 0 Å². The Kier molecular flexibility index (Phi) is 2.90.